The molecule has 2 aliphatic carbocycles. The van der Waals surface area contributed by atoms with Crippen molar-refractivity contribution >= 4 is 5.69 Å². The summed E-state index contributed by atoms with van der Waals surface area (Å²) in [5, 5.41) is 3.80. The van der Waals surface area contributed by atoms with Crippen LogP contribution in [0.5, 0.6) is 0 Å². The SMILES string of the molecule is CC1CC(CC2CCCC2)C(Nc2ccccc2)C1.[H+]. The number of anilines is 1. The van der Waals surface area contributed by atoms with E-state index >= 15 is 0 Å². The first-order valence-electron chi connectivity index (χ1n) is 8.13. The number of para-hydroxylation sites is 1. The largest absolute Gasteiger partial charge is 1.00 e. The van der Waals surface area contributed by atoms with E-state index in [1.807, 2.05) is 0 Å². The van der Waals surface area contributed by atoms with Crippen molar-refractivity contribution < 1.29 is 1.43 Å². The molecule has 3 unspecified atom stereocenters. The van der Waals surface area contributed by atoms with Crippen molar-refractivity contribution in [3.8, 4) is 0 Å². The second-order valence-electron chi connectivity index (χ2n) is 6.84. The van der Waals surface area contributed by atoms with Crippen molar-refractivity contribution in [3.05, 3.63) is 30.3 Å². The molecule has 2 saturated carbocycles. The highest BCUT2D eigenvalue weighted by Crippen LogP contribution is 2.40. The maximum atomic E-state index is 3.80. The third-order valence-corrected chi connectivity index (χ3v) is 5.17. The summed E-state index contributed by atoms with van der Waals surface area (Å²) in [6.45, 7) is 2.42. The monoisotopic (exact) mass is 258 g/mol. The van der Waals surface area contributed by atoms with Crippen LogP contribution in [0, 0.1) is 17.8 Å². The van der Waals surface area contributed by atoms with Gasteiger partial charge in [-0.05, 0) is 49.1 Å². The number of nitrogens with one attached hydrogen (secondary N) is 1. The van der Waals surface area contributed by atoms with Gasteiger partial charge in [-0.25, -0.2) is 0 Å². The van der Waals surface area contributed by atoms with Crippen molar-refractivity contribution in [1.82, 2.24) is 0 Å². The van der Waals surface area contributed by atoms with Gasteiger partial charge in [-0.2, -0.15) is 0 Å². The summed E-state index contributed by atoms with van der Waals surface area (Å²) in [6.07, 6.45) is 10.2. The van der Waals surface area contributed by atoms with E-state index in [-0.39, 0.29) is 1.43 Å². The minimum absolute atomic E-state index is 0. The highest BCUT2D eigenvalue weighted by atomic mass is 14.9. The number of hydrogen-bond donors (Lipinski definition) is 1. The fourth-order valence-corrected chi connectivity index (χ4v) is 4.26. The standard InChI is InChI=1S/C18H27N/c1-14-11-16(13-15-7-5-6-8-15)18(12-14)19-17-9-3-2-4-10-17/h2-4,9-10,14-16,18-19H,5-8,11-13H2,1H3/p+1. The van der Waals surface area contributed by atoms with Crippen molar-refractivity contribution in [3.63, 3.8) is 0 Å². The van der Waals surface area contributed by atoms with Crippen LogP contribution in [0.2, 0.25) is 0 Å². The van der Waals surface area contributed by atoms with E-state index in [0.717, 1.165) is 17.8 Å². The zero-order valence-electron chi connectivity index (χ0n) is 13.1. The zero-order chi connectivity index (χ0) is 13.1. The van der Waals surface area contributed by atoms with Crippen LogP contribution in [-0.4, -0.2) is 6.04 Å². The number of rotatable bonds is 4. The Labute approximate surface area is 119 Å². The Balaban J connectivity index is 0.00000147. The maximum Gasteiger partial charge on any atom is 1.00 e. The molecule has 2 fully saturated rings. The molecule has 1 heteroatoms. The van der Waals surface area contributed by atoms with Gasteiger partial charge in [-0.15, -0.1) is 0 Å². The van der Waals surface area contributed by atoms with Crippen LogP contribution >= 0.6 is 0 Å². The average molecular weight is 258 g/mol. The molecule has 1 nitrogen and oxygen atoms in total. The Kier molecular flexibility index (Phi) is 4.10. The molecular formula is C18H28N+. The second kappa shape index (κ2) is 5.98. The third-order valence-electron chi connectivity index (χ3n) is 5.17. The van der Waals surface area contributed by atoms with E-state index in [2.05, 4.69) is 42.6 Å². The van der Waals surface area contributed by atoms with Gasteiger partial charge < -0.3 is 5.32 Å². The van der Waals surface area contributed by atoms with E-state index in [9.17, 15) is 0 Å². The van der Waals surface area contributed by atoms with Crippen LogP contribution in [0.1, 0.15) is 53.3 Å². The fourth-order valence-electron chi connectivity index (χ4n) is 4.26. The molecule has 1 aromatic carbocycles. The predicted molar refractivity (Wildman–Crippen MR) is 83.4 cm³/mol. The Morgan fingerprint density at radius 3 is 2.58 bits per heavy atom. The Bertz CT molecular complexity index is 386. The summed E-state index contributed by atoms with van der Waals surface area (Å²) < 4.78 is 0. The van der Waals surface area contributed by atoms with Gasteiger partial charge in [0.15, 0.2) is 0 Å². The third kappa shape index (κ3) is 3.32. The van der Waals surface area contributed by atoms with E-state index in [1.165, 1.54) is 50.6 Å². The molecule has 3 atom stereocenters. The lowest BCUT2D eigenvalue weighted by molar-refractivity contribution is 0.359. The quantitative estimate of drug-likeness (QED) is 0.782. The number of hydrogen-bond acceptors (Lipinski definition) is 1. The molecule has 0 radical (unpaired) electrons. The molecule has 0 amide bonds. The molecule has 0 bridgehead atoms. The predicted octanol–water partition coefficient (Wildman–Crippen LogP) is 5.21. The van der Waals surface area contributed by atoms with Crippen LogP contribution in [-0.2, 0) is 0 Å². The molecule has 19 heavy (non-hydrogen) atoms. The van der Waals surface area contributed by atoms with Crippen LogP contribution in [0.25, 0.3) is 0 Å². The molecule has 0 aliphatic heterocycles. The molecule has 104 valence electrons. The minimum atomic E-state index is 0. The molecular weight excluding hydrogens is 230 g/mol. The lowest BCUT2D eigenvalue weighted by Gasteiger charge is -2.24. The molecule has 0 heterocycles. The molecule has 1 aromatic rings. The molecule has 0 saturated heterocycles. The summed E-state index contributed by atoms with van der Waals surface area (Å²) in [7, 11) is 0. The van der Waals surface area contributed by atoms with E-state index in [4.69, 9.17) is 0 Å². The van der Waals surface area contributed by atoms with E-state index < -0.39 is 0 Å². The molecule has 3 rings (SSSR count). The highest BCUT2D eigenvalue weighted by molar-refractivity contribution is 5.43. The van der Waals surface area contributed by atoms with Crippen molar-refractivity contribution in [2.45, 2.75) is 57.9 Å². The van der Waals surface area contributed by atoms with E-state index in [1.54, 1.807) is 0 Å². The van der Waals surface area contributed by atoms with Crippen LogP contribution in [0.4, 0.5) is 5.69 Å². The van der Waals surface area contributed by atoms with Gasteiger partial charge in [0.2, 0.25) is 0 Å². The van der Waals surface area contributed by atoms with Crippen LogP contribution < -0.4 is 5.32 Å². The zero-order valence-corrected chi connectivity index (χ0v) is 12.1. The van der Waals surface area contributed by atoms with Crippen LogP contribution in [0.15, 0.2) is 30.3 Å². The topological polar surface area (TPSA) is 12.0 Å². The first-order chi connectivity index (χ1) is 9.31. The van der Waals surface area contributed by atoms with Gasteiger partial charge in [0, 0.05) is 11.7 Å². The normalized spacial score (nSPS) is 31.7. The molecule has 1 N–H and O–H groups in total. The summed E-state index contributed by atoms with van der Waals surface area (Å²) in [5.74, 6) is 2.82. The van der Waals surface area contributed by atoms with Gasteiger partial charge in [0.05, 0.1) is 0 Å². The Hall–Kier alpha value is -0.980. The van der Waals surface area contributed by atoms with Crippen LogP contribution in [0.3, 0.4) is 0 Å². The summed E-state index contributed by atoms with van der Waals surface area (Å²) in [4.78, 5) is 0. The minimum Gasteiger partial charge on any atom is -0.382 e. The average Bonchev–Trinajstić information content (AvgIpc) is 3.02. The second-order valence-corrected chi connectivity index (χ2v) is 6.84. The summed E-state index contributed by atoms with van der Waals surface area (Å²) in [5.41, 5.74) is 1.30. The summed E-state index contributed by atoms with van der Waals surface area (Å²) in [6, 6.07) is 11.5. The van der Waals surface area contributed by atoms with Gasteiger partial charge in [-0.1, -0.05) is 50.8 Å². The Morgan fingerprint density at radius 1 is 1.11 bits per heavy atom. The number of benzene rings is 1. The smallest absolute Gasteiger partial charge is 0.382 e. The van der Waals surface area contributed by atoms with E-state index in [0.29, 0.717) is 6.04 Å². The first-order valence-corrected chi connectivity index (χ1v) is 8.13. The lowest BCUT2D eigenvalue weighted by atomic mass is 9.89. The summed E-state index contributed by atoms with van der Waals surface area (Å²) >= 11 is 0. The lowest BCUT2D eigenvalue weighted by Crippen LogP contribution is -2.25. The Morgan fingerprint density at radius 2 is 1.84 bits per heavy atom. The van der Waals surface area contributed by atoms with Gasteiger partial charge >= 0.3 is 1.43 Å². The highest BCUT2D eigenvalue weighted by Gasteiger charge is 2.33. The van der Waals surface area contributed by atoms with Gasteiger partial charge in [-0.3, -0.25) is 0 Å². The van der Waals surface area contributed by atoms with Crippen molar-refractivity contribution in [2.24, 2.45) is 17.8 Å². The fraction of sp³-hybridized carbons (Fsp3) is 0.667. The molecule has 2 aliphatic rings. The first kappa shape index (κ1) is 13.0. The maximum absolute atomic E-state index is 3.80. The van der Waals surface area contributed by atoms with Crippen molar-refractivity contribution in [2.75, 3.05) is 5.32 Å². The molecule has 0 aromatic heterocycles. The van der Waals surface area contributed by atoms with Gasteiger partial charge in [0.25, 0.3) is 0 Å². The molecule has 0 spiro atoms. The van der Waals surface area contributed by atoms with Gasteiger partial charge in [0.1, 0.15) is 0 Å². The van der Waals surface area contributed by atoms with Crippen molar-refractivity contribution in [1.29, 1.82) is 0 Å².